The molecule has 0 amide bonds. The van der Waals surface area contributed by atoms with Crippen LogP contribution in [-0.2, 0) is 0 Å². The van der Waals surface area contributed by atoms with Crippen LogP contribution in [0.15, 0.2) is 162 Å². The number of aromatic nitrogens is 1. The van der Waals surface area contributed by atoms with Crippen LogP contribution in [0.2, 0.25) is 0 Å². The summed E-state index contributed by atoms with van der Waals surface area (Å²) < 4.78 is 3.46. The number of para-hydroxylation sites is 2. The monoisotopic (exact) mass is 599 g/mol. The Morgan fingerprint density at radius 2 is 0.905 bits per heavy atom. The summed E-state index contributed by atoms with van der Waals surface area (Å²) in [4.78, 5) is 0. The first kappa shape index (κ1) is 24.8. The molecule has 0 aliphatic heterocycles. The van der Waals surface area contributed by atoms with E-state index in [0.29, 0.717) is 0 Å². The molecule has 0 spiro atoms. The Hall–Kier alpha value is -4.92. The molecule has 0 aliphatic carbocycles. The Bertz CT molecular complexity index is 2240. The third kappa shape index (κ3) is 4.07. The fraction of sp³-hybridized carbons (Fsp3) is 0. The van der Waals surface area contributed by atoms with Crippen LogP contribution in [0.3, 0.4) is 0 Å². The lowest BCUT2D eigenvalue weighted by Gasteiger charge is -2.14. The zero-order valence-electron chi connectivity index (χ0n) is 22.8. The van der Waals surface area contributed by atoms with Gasteiger partial charge in [0.05, 0.1) is 11.0 Å². The highest BCUT2D eigenvalue weighted by atomic mass is 79.9. The standard InChI is InChI=1S/C40H26BrN/c41-38-24-20-28(32-23-22-31(27-11-3-1-4-12-27)33-15-7-8-16-34(32)33)25-37(38)29-19-21-36-35-17-9-10-18-39(35)42(40(36)26-29)30-13-5-2-6-14-30/h1-26H. The molecule has 0 radical (unpaired) electrons. The molecule has 0 unspecified atom stereocenters. The second-order valence-corrected chi connectivity index (χ2v) is 11.5. The minimum Gasteiger partial charge on any atom is -0.309 e. The van der Waals surface area contributed by atoms with Crippen molar-refractivity contribution in [2.24, 2.45) is 0 Å². The molecule has 0 bridgehead atoms. The minimum absolute atomic E-state index is 1.08. The Morgan fingerprint density at radius 3 is 1.64 bits per heavy atom. The van der Waals surface area contributed by atoms with Crippen LogP contribution in [-0.4, -0.2) is 4.57 Å². The first-order chi connectivity index (χ1) is 20.8. The smallest absolute Gasteiger partial charge is 0.0547 e. The van der Waals surface area contributed by atoms with Gasteiger partial charge in [0.2, 0.25) is 0 Å². The lowest BCUT2D eigenvalue weighted by molar-refractivity contribution is 1.18. The maximum absolute atomic E-state index is 3.89. The summed E-state index contributed by atoms with van der Waals surface area (Å²) in [5, 5.41) is 5.04. The molecule has 0 N–H and O–H groups in total. The van der Waals surface area contributed by atoms with Gasteiger partial charge in [0.1, 0.15) is 0 Å². The van der Waals surface area contributed by atoms with Crippen molar-refractivity contribution in [1.29, 1.82) is 0 Å². The molecule has 1 heterocycles. The Labute approximate surface area is 253 Å². The Kier molecular flexibility index (Phi) is 6.01. The summed E-state index contributed by atoms with van der Waals surface area (Å²) in [7, 11) is 0. The molecule has 42 heavy (non-hydrogen) atoms. The SMILES string of the molecule is Brc1ccc(-c2ccc(-c3ccccc3)c3ccccc23)cc1-c1ccc2c3ccccc3n(-c3ccccc3)c2c1. The summed E-state index contributed by atoms with van der Waals surface area (Å²) in [6.45, 7) is 0. The predicted molar refractivity (Wildman–Crippen MR) is 182 cm³/mol. The van der Waals surface area contributed by atoms with E-state index in [2.05, 4.69) is 178 Å². The summed E-state index contributed by atoms with van der Waals surface area (Å²) in [6, 6.07) is 56.8. The van der Waals surface area contributed by atoms with Gasteiger partial charge in [-0.15, -0.1) is 0 Å². The normalized spacial score (nSPS) is 11.5. The maximum Gasteiger partial charge on any atom is 0.0547 e. The lowest BCUT2D eigenvalue weighted by Crippen LogP contribution is -1.93. The largest absolute Gasteiger partial charge is 0.309 e. The number of rotatable bonds is 4. The lowest BCUT2D eigenvalue weighted by atomic mass is 9.91. The number of benzene rings is 7. The second-order valence-electron chi connectivity index (χ2n) is 10.7. The predicted octanol–water partition coefficient (Wildman–Crippen LogP) is 11.7. The number of fused-ring (bicyclic) bond motifs is 4. The third-order valence-corrected chi connectivity index (χ3v) is 8.98. The van der Waals surface area contributed by atoms with Gasteiger partial charge in [-0.3, -0.25) is 0 Å². The number of halogens is 1. The van der Waals surface area contributed by atoms with Crippen LogP contribution in [0.5, 0.6) is 0 Å². The van der Waals surface area contributed by atoms with E-state index in [4.69, 9.17) is 0 Å². The van der Waals surface area contributed by atoms with E-state index in [1.54, 1.807) is 0 Å². The molecule has 198 valence electrons. The second kappa shape index (κ2) is 10.2. The highest BCUT2D eigenvalue weighted by molar-refractivity contribution is 9.10. The minimum atomic E-state index is 1.08. The number of hydrogen-bond acceptors (Lipinski definition) is 0. The summed E-state index contributed by atoms with van der Waals surface area (Å²) >= 11 is 3.89. The average Bonchev–Trinajstić information content (AvgIpc) is 3.39. The van der Waals surface area contributed by atoms with Crippen molar-refractivity contribution in [3.8, 4) is 39.1 Å². The molecule has 8 rings (SSSR count). The van der Waals surface area contributed by atoms with Gasteiger partial charge in [0, 0.05) is 20.9 Å². The zero-order valence-corrected chi connectivity index (χ0v) is 24.4. The summed E-state index contributed by atoms with van der Waals surface area (Å²) in [5.74, 6) is 0. The third-order valence-electron chi connectivity index (χ3n) is 8.29. The van der Waals surface area contributed by atoms with Crippen molar-refractivity contribution in [2.45, 2.75) is 0 Å². The molecule has 7 aromatic carbocycles. The molecule has 2 heteroatoms. The van der Waals surface area contributed by atoms with Gasteiger partial charge in [-0.25, -0.2) is 0 Å². The molecule has 0 saturated heterocycles. The molecule has 0 fully saturated rings. The van der Waals surface area contributed by atoms with Crippen molar-refractivity contribution in [1.82, 2.24) is 4.57 Å². The fourth-order valence-electron chi connectivity index (χ4n) is 6.33. The molecular weight excluding hydrogens is 574 g/mol. The Morgan fingerprint density at radius 1 is 0.357 bits per heavy atom. The summed E-state index contributed by atoms with van der Waals surface area (Å²) in [5.41, 5.74) is 10.9. The van der Waals surface area contributed by atoms with E-state index in [1.165, 1.54) is 71.6 Å². The Balaban J connectivity index is 1.31. The maximum atomic E-state index is 3.89. The van der Waals surface area contributed by atoms with E-state index in [1.807, 2.05) is 0 Å². The highest BCUT2D eigenvalue weighted by Crippen LogP contribution is 2.40. The van der Waals surface area contributed by atoms with E-state index in [-0.39, 0.29) is 0 Å². The van der Waals surface area contributed by atoms with E-state index in [9.17, 15) is 0 Å². The van der Waals surface area contributed by atoms with Gasteiger partial charge >= 0.3 is 0 Å². The fourth-order valence-corrected chi connectivity index (χ4v) is 6.80. The van der Waals surface area contributed by atoms with E-state index >= 15 is 0 Å². The average molecular weight is 601 g/mol. The number of hydrogen-bond donors (Lipinski definition) is 0. The molecule has 8 aromatic rings. The van der Waals surface area contributed by atoms with Gasteiger partial charge in [-0.2, -0.15) is 0 Å². The van der Waals surface area contributed by atoms with Gasteiger partial charge in [-0.05, 0) is 80.6 Å². The van der Waals surface area contributed by atoms with Crippen LogP contribution < -0.4 is 0 Å². The van der Waals surface area contributed by atoms with Gasteiger partial charge < -0.3 is 4.57 Å². The van der Waals surface area contributed by atoms with E-state index in [0.717, 1.165) is 4.47 Å². The quantitative estimate of drug-likeness (QED) is 0.189. The van der Waals surface area contributed by atoms with E-state index < -0.39 is 0 Å². The molecule has 1 nitrogen and oxygen atoms in total. The topological polar surface area (TPSA) is 4.93 Å². The van der Waals surface area contributed by atoms with Crippen LogP contribution in [0.25, 0.3) is 71.6 Å². The van der Waals surface area contributed by atoms with Crippen molar-refractivity contribution in [2.75, 3.05) is 0 Å². The molecule has 0 saturated carbocycles. The zero-order chi connectivity index (χ0) is 28.0. The summed E-state index contributed by atoms with van der Waals surface area (Å²) in [6.07, 6.45) is 0. The van der Waals surface area contributed by atoms with Crippen LogP contribution in [0.1, 0.15) is 0 Å². The molecular formula is C40H26BrN. The van der Waals surface area contributed by atoms with Gasteiger partial charge in [0.15, 0.2) is 0 Å². The van der Waals surface area contributed by atoms with Crippen LogP contribution >= 0.6 is 15.9 Å². The first-order valence-electron chi connectivity index (χ1n) is 14.2. The molecule has 0 atom stereocenters. The van der Waals surface area contributed by atoms with Crippen molar-refractivity contribution >= 4 is 48.5 Å². The van der Waals surface area contributed by atoms with Crippen molar-refractivity contribution < 1.29 is 0 Å². The highest BCUT2D eigenvalue weighted by Gasteiger charge is 2.15. The van der Waals surface area contributed by atoms with Crippen LogP contribution in [0.4, 0.5) is 0 Å². The van der Waals surface area contributed by atoms with Crippen LogP contribution in [0, 0.1) is 0 Å². The van der Waals surface area contributed by atoms with Gasteiger partial charge in [0.25, 0.3) is 0 Å². The molecule has 0 aliphatic rings. The first-order valence-corrected chi connectivity index (χ1v) is 15.0. The van der Waals surface area contributed by atoms with Crippen molar-refractivity contribution in [3.63, 3.8) is 0 Å². The van der Waals surface area contributed by atoms with Gasteiger partial charge in [-0.1, -0.05) is 137 Å². The van der Waals surface area contributed by atoms with Crippen molar-refractivity contribution in [3.05, 3.63) is 162 Å². The molecule has 1 aromatic heterocycles. The number of nitrogens with zero attached hydrogens (tertiary/aromatic N) is 1.